The van der Waals surface area contributed by atoms with E-state index < -0.39 is 22.2 Å². The summed E-state index contributed by atoms with van der Waals surface area (Å²) in [7, 11) is -3.91. The Bertz CT molecular complexity index is 865. The number of amides is 2. The minimum absolute atomic E-state index is 0.0272. The second-order valence-corrected chi connectivity index (χ2v) is 7.31. The number of fused-ring (bicyclic) bond motifs is 1. The van der Waals surface area contributed by atoms with Crippen LogP contribution >= 0.6 is 0 Å². The molecule has 1 aliphatic heterocycles. The van der Waals surface area contributed by atoms with Crippen LogP contribution in [0.25, 0.3) is 0 Å². The largest absolute Gasteiger partial charge is 0.486 e. The zero-order valence-corrected chi connectivity index (χ0v) is 14.4. The molecule has 0 aliphatic carbocycles. The molecule has 2 amide bonds. The van der Waals surface area contributed by atoms with Crippen LogP contribution in [0.2, 0.25) is 0 Å². The molecule has 25 heavy (non-hydrogen) atoms. The quantitative estimate of drug-likeness (QED) is 0.865. The van der Waals surface area contributed by atoms with E-state index in [2.05, 4.69) is 5.32 Å². The number of hydrogen-bond acceptors (Lipinski definition) is 5. The number of carbonyl (C=O) groups excluding carboxylic acids is 1. The van der Waals surface area contributed by atoms with Crippen LogP contribution in [0.5, 0.6) is 11.5 Å². The molecule has 3 rings (SSSR count). The third-order valence-corrected chi connectivity index (χ3v) is 4.96. The summed E-state index contributed by atoms with van der Waals surface area (Å²) >= 11 is 0. The molecule has 2 aromatic carbocycles. The highest BCUT2D eigenvalue weighted by Crippen LogP contribution is 2.30. The van der Waals surface area contributed by atoms with Gasteiger partial charge in [0.05, 0.1) is 11.4 Å². The Kier molecular flexibility index (Phi) is 4.80. The second kappa shape index (κ2) is 7.02. The summed E-state index contributed by atoms with van der Waals surface area (Å²) in [6, 6.07) is 12.6. The molecule has 0 aromatic heterocycles. The number of benzene rings is 2. The van der Waals surface area contributed by atoms with Crippen molar-refractivity contribution in [3.05, 3.63) is 54.1 Å². The van der Waals surface area contributed by atoms with Crippen molar-refractivity contribution in [2.45, 2.75) is 17.9 Å². The van der Waals surface area contributed by atoms with Crippen molar-refractivity contribution in [2.75, 3.05) is 13.2 Å². The van der Waals surface area contributed by atoms with E-state index in [4.69, 9.17) is 9.47 Å². The van der Waals surface area contributed by atoms with E-state index in [1.807, 2.05) is 23.8 Å². The molecule has 1 aliphatic rings. The van der Waals surface area contributed by atoms with Crippen molar-refractivity contribution in [2.24, 2.45) is 0 Å². The molecule has 2 aromatic rings. The number of ether oxygens (including phenoxy) is 2. The number of para-hydroxylation sites is 2. The predicted octanol–water partition coefficient (Wildman–Crippen LogP) is 1.82. The summed E-state index contributed by atoms with van der Waals surface area (Å²) in [6.45, 7) is 2.23. The fraction of sp³-hybridized carbons (Fsp3) is 0.235. The lowest BCUT2D eigenvalue weighted by Crippen LogP contribution is -2.46. The molecule has 0 unspecified atom stereocenters. The minimum atomic E-state index is -3.91. The maximum Gasteiger partial charge on any atom is 0.328 e. The molecular formula is C17H18N2O5S. The highest BCUT2D eigenvalue weighted by Gasteiger charge is 2.22. The summed E-state index contributed by atoms with van der Waals surface area (Å²) in [6.07, 6.45) is -0.400. The number of aryl methyl sites for hydroxylation is 1. The highest BCUT2D eigenvalue weighted by atomic mass is 32.2. The summed E-state index contributed by atoms with van der Waals surface area (Å²) < 4.78 is 37.5. The van der Waals surface area contributed by atoms with Gasteiger partial charge in [-0.05, 0) is 31.2 Å². The van der Waals surface area contributed by atoms with Crippen molar-refractivity contribution in [3.8, 4) is 11.5 Å². The fourth-order valence-electron chi connectivity index (χ4n) is 2.30. The SMILES string of the molecule is Cc1ccc(S(=O)(=O)NC(=O)NC[C@@H]2COc3ccccc3O2)cc1. The third-order valence-electron chi connectivity index (χ3n) is 3.62. The van der Waals surface area contributed by atoms with Gasteiger partial charge in [-0.2, -0.15) is 0 Å². The Morgan fingerprint density at radius 2 is 1.80 bits per heavy atom. The molecule has 132 valence electrons. The van der Waals surface area contributed by atoms with Crippen LogP contribution in [0, 0.1) is 6.92 Å². The average molecular weight is 362 g/mol. The Morgan fingerprint density at radius 3 is 2.52 bits per heavy atom. The van der Waals surface area contributed by atoms with Gasteiger partial charge in [-0.25, -0.2) is 17.9 Å². The summed E-state index contributed by atoms with van der Waals surface area (Å²) in [5.41, 5.74) is 0.929. The van der Waals surface area contributed by atoms with E-state index in [1.54, 1.807) is 24.3 Å². The molecule has 8 heteroatoms. The Morgan fingerprint density at radius 1 is 1.12 bits per heavy atom. The van der Waals surface area contributed by atoms with Crippen LogP contribution in [-0.2, 0) is 10.0 Å². The molecule has 0 saturated heterocycles. The van der Waals surface area contributed by atoms with Gasteiger partial charge in [0.2, 0.25) is 0 Å². The number of hydrogen-bond donors (Lipinski definition) is 2. The van der Waals surface area contributed by atoms with Gasteiger partial charge < -0.3 is 14.8 Å². The first-order valence-electron chi connectivity index (χ1n) is 7.70. The van der Waals surface area contributed by atoms with Crippen LogP contribution in [0.1, 0.15) is 5.56 Å². The average Bonchev–Trinajstić information content (AvgIpc) is 2.60. The first-order valence-corrected chi connectivity index (χ1v) is 9.18. The van der Waals surface area contributed by atoms with Crippen LogP contribution in [0.15, 0.2) is 53.4 Å². The maximum atomic E-state index is 12.1. The van der Waals surface area contributed by atoms with E-state index in [0.717, 1.165) is 5.56 Å². The first-order chi connectivity index (χ1) is 11.9. The van der Waals surface area contributed by atoms with E-state index in [1.165, 1.54) is 12.1 Å². The number of urea groups is 1. The standard InChI is InChI=1S/C17H18N2O5S/c1-12-6-8-14(9-7-12)25(21,22)19-17(20)18-10-13-11-23-15-4-2-3-5-16(15)24-13/h2-9,13H,10-11H2,1H3,(H2,18,19,20)/t13-/m1/s1. The maximum absolute atomic E-state index is 12.1. The zero-order chi connectivity index (χ0) is 17.9. The van der Waals surface area contributed by atoms with E-state index in [-0.39, 0.29) is 18.0 Å². The lowest BCUT2D eigenvalue weighted by Gasteiger charge is -2.26. The van der Waals surface area contributed by atoms with Gasteiger partial charge in [0.25, 0.3) is 10.0 Å². The smallest absolute Gasteiger partial charge is 0.328 e. The topological polar surface area (TPSA) is 93.7 Å². The van der Waals surface area contributed by atoms with E-state index in [9.17, 15) is 13.2 Å². The Labute approximate surface area is 146 Å². The predicted molar refractivity (Wildman–Crippen MR) is 91.3 cm³/mol. The lowest BCUT2D eigenvalue weighted by molar-refractivity contribution is 0.0920. The normalized spacial score (nSPS) is 16.1. The zero-order valence-electron chi connectivity index (χ0n) is 13.6. The van der Waals surface area contributed by atoms with Crippen LogP contribution < -0.4 is 19.5 Å². The molecule has 0 saturated carbocycles. The van der Waals surface area contributed by atoms with Gasteiger partial charge in [-0.3, -0.25) is 0 Å². The van der Waals surface area contributed by atoms with Gasteiger partial charge in [0, 0.05) is 0 Å². The monoisotopic (exact) mass is 362 g/mol. The minimum Gasteiger partial charge on any atom is -0.486 e. The number of nitrogens with one attached hydrogen (secondary N) is 2. The van der Waals surface area contributed by atoms with Crippen LogP contribution in [0.3, 0.4) is 0 Å². The summed E-state index contributed by atoms with van der Waals surface area (Å²) in [5, 5.41) is 2.49. The second-order valence-electron chi connectivity index (χ2n) is 5.63. The molecule has 1 atom stereocenters. The van der Waals surface area contributed by atoms with Gasteiger partial charge in [-0.15, -0.1) is 0 Å². The summed E-state index contributed by atoms with van der Waals surface area (Å²) in [4.78, 5) is 11.9. The summed E-state index contributed by atoms with van der Waals surface area (Å²) in [5.74, 6) is 1.23. The molecule has 0 bridgehead atoms. The Balaban J connectivity index is 1.54. The highest BCUT2D eigenvalue weighted by molar-refractivity contribution is 7.90. The molecule has 0 spiro atoms. The van der Waals surface area contributed by atoms with Gasteiger partial charge >= 0.3 is 6.03 Å². The van der Waals surface area contributed by atoms with Crippen LogP contribution in [0.4, 0.5) is 4.79 Å². The molecule has 0 radical (unpaired) electrons. The Hall–Kier alpha value is -2.74. The number of sulfonamides is 1. The van der Waals surface area contributed by atoms with Crippen molar-refractivity contribution in [1.29, 1.82) is 0 Å². The van der Waals surface area contributed by atoms with Gasteiger partial charge in [0.1, 0.15) is 6.61 Å². The van der Waals surface area contributed by atoms with Crippen molar-refractivity contribution in [1.82, 2.24) is 10.0 Å². The van der Waals surface area contributed by atoms with E-state index in [0.29, 0.717) is 11.5 Å². The van der Waals surface area contributed by atoms with Crippen molar-refractivity contribution >= 4 is 16.1 Å². The van der Waals surface area contributed by atoms with E-state index >= 15 is 0 Å². The number of carbonyl (C=O) groups is 1. The molecule has 1 heterocycles. The molecular weight excluding hydrogens is 344 g/mol. The van der Waals surface area contributed by atoms with Gasteiger partial charge in [0.15, 0.2) is 17.6 Å². The van der Waals surface area contributed by atoms with Gasteiger partial charge in [-0.1, -0.05) is 29.8 Å². The third kappa shape index (κ3) is 4.21. The van der Waals surface area contributed by atoms with Crippen molar-refractivity contribution in [3.63, 3.8) is 0 Å². The first kappa shape index (κ1) is 17.1. The fourth-order valence-corrected chi connectivity index (χ4v) is 3.23. The molecule has 0 fully saturated rings. The molecule has 7 nitrogen and oxygen atoms in total. The number of rotatable bonds is 4. The van der Waals surface area contributed by atoms with Crippen molar-refractivity contribution < 1.29 is 22.7 Å². The molecule has 2 N–H and O–H groups in total. The van der Waals surface area contributed by atoms with Crippen LogP contribution in [-0.4, -0.2) is 33.7 Å². The lowest BCUT2D eigenvalue weighted by atomic mass is 10.2.